The van der Waals surface area contributed by atoms with Crippen molar-refractivity contribution in [2.45, 2.75) is 0 Å². The molecule has 3 rings (SSSR count). The summed E-state index contributed by atoms with van der Waals surface area (Å²) in [5, 5.41) is 21.6. The van der Waals surface area contributed by atoms with Crippen molar-refractivity contribution in [2.75, 3.05) is 5.32 Å². The smallest absolute Gasteiger partial charge is 0.269 e. The zero-order valence-electron chi connectivity index (χ0n) is 12.9. The van der Waals surface area contributed by atoms with Crippen molar-refractivity contribution in [1.82, 2.24) is 15.0 Å². The lowest BCUT2D eigenvalue weighted by atomic mass is 10.3. The summed E-state index contributed by atoms with van der Waals surface area (Å²) >= 11 is 11.4. The lowest BCUT2D eigenvalue weighted by Crippen LogP contribution is -1.99. The maximum Gasteiger partial charge on any atom is 0.269 e. The number of nitro benzene ring substituents is 1. The highest BCUT2D eigenvalue weighted by atomic mass is 35.5. The van der Waals surface area contributed by atoms with Crippen molar-refractivity contribution in [3.05, 3.63) is 69.2 Å². The zero-order valence-corrected chi connectivity index (χ0v) is 14.4. The van der Waals surface area contributed by atoms with Crippen LogP contribution in [0.4, 0.5) is 28.7 Å². The van der Waals surface area contributed by atoms with Gasteiger partial charge in [0.25, 0.3) is 5.69 Å². The van der Waals surface area contributed by atoms with Crippen LogP contribution in [0.15, 0.2) is 58.8 Å². The molecular formula is C15H9Cl2N7O2. The molecule has 0 aliphatic heterocycles. The summed E-state index contributed by atoms with van der Waals surface area (Å²) in [5.74, 6) is 0.218. The van der Waals surface area contributed by atoms with Gasteiger partial charge in [0.05, 0.1) is 16.3 Å². The first-order chi connectivity index (χ1) is 12.5. The lowest BCUT2D eigenvalue weighted by Gasteiger charge is -2.04. The molecule has 0 aliphatic rings. The molecule has 130 valence electrons. The number of benzene rings is 2. The highest BCUT2D eigenvalue weighted by molar-refractivity contribution is 6.31. The van der Waals surface area contributed by atoms with E-state index in [0.29, 0.717) is 17.1 Å². The van der Waals surface area contributed by atoms with Crippen LogP contribution in [0.25, 0.3) is 0 Å². The van der Waals surface area contributed by atoms with Gasteiger partial charge in [-0.2, -0.15) is 25.2 Å². The number of nitrogens with one attached hydrogen (secondary N) is 1. The van der Waals surface area contributed by atoms with Crippen LogP contribution in [0.1, 0.15) is 0 Å². The normalized spacial score (nSPS) is 10.8. The summed E-state index contributed by atoms with van der Waals surface area (Å²) in [5.41, 5.74) is 1.79. The van der Waals surface area contributed by atoms with Crippen molar-refractivity contribution >= 4 is 51.9 Å². The van der Waals surface area contributed by atoms with Gasteiger partial charge in [0.15, 0.2) is 0 Å². The Morgan fingerprint density at radius 3 is 1.85 bits per heavy atom. The Morgan fingerprint density at radius 1 is 0.846 bits per heavy atom. The molecule has 0 bridgehead atoms. The van der Waals surface area contributed by atoms with E-state index >= 15 is 0 Å². The number of aromatic nitrogens is 3. The number of hydrogen-bond acceptors (Lipinski definition) is 8. The first-order valence-corrected chi connectivity index (χ1v) is 7.85. The van der Waals surface area contributed by atoms with E-state index in [4.69, 9.17) is 23.2 Å². The van der Waals surface area contributed by atoms with Gasteiger partial charge in [0.1, 0.15) is 0 Å². The molecule has 3 aromatic rings. The highest BCUT2D eigenvalue weighted by Crippen LogP contribution is 2.23. The molecule has 26 heavy (non-hydrogen) atoms. The number of non-ortho nitro benzene ring substituents is 1. The fourth-order valence-corrected chi connectivity index (χ4v) is 2.24. The summed E-state index contributed by atoms with van der Waals surface area (Å²) in [6.45, 7) is 0. The van der Waals surface area contributed by atoms with E-state index in [1.165, 1.54) is 24.3 Å². The van der Waals surface area contributed by atoms with Gasteiger partial charge in [-0.05, 0) is 59.6 Å². The van der Waals surface area contributed by atoms with Crippen molar-refractivity contribution in [3.8, 4) is 0 Å². The Bertz CT molecular complexity index is 942. The molecular weight excluding hydrogens is 381 g/mol. The van der Waals surface area contributed by atoms with Gasteiger partial charge in [-0.15, -0.1) is 0 Å². The average molecular weight is 390 g/mol. The minimum atomic E-state index is -0.473. The van der Waals surface area contributed by atoms with E-state index < -0.39 is 4.92 Å². The molecule has 0 aliphatic carbocycles. The van der Waals surface area contributed by atoms with Gasteiger partial charge in [0.2, 0.25) is 16.5 Å². The SMILES string of the molecule is O=[N+]([O-])c1ccc(N=Nc2ccc(Nc3nc(Cl)nc(Cl)n3)cc2)cc1. The predicted molar refractivity (Wildman–Crippen MR) is 96.8 cm³/mol. The molecule has 1 heterocycles. The number of azo groups is 1. The largest absolute Gasteiger partial charge is 0.324 e. The predicted octanol–water partition coefficient (Wildman–Crippen LogP) is 5.25. The number of anilines is 2. The maximum absolute atomic E-state index is 10.6. The molecule has 0 radical (unpaired) electrons. The molecule has 0 amide bonds. The van der Waals surface area contributed by atoms with E-state index in [1.807, 2.05) is 0 Å². The standard InChI is InChI=1S/C15H9Cl2N7O2/c16-13-19-14(17)21-15(20-13)18-9-1-3-10(4-2-9)22-23-11-5-7-12(8-6-11)24(25)26/h1-8H,(H,18,19,20,21). The monoisotopic (exact) mass is 389 g/mol. The van der Waals surface area contributed by atoms with Gasteiger partial charge in [-0.1, -0.05) is 0 Å². The van der Waals surface area contributed by atoms with Crippen molar-refractivity contribution < 1.29 is 4.92 Å². The van der Waals surface area contributed by atoms with Crippen molar-refractivity contribution in [1.29, 1.82) is 0 Å². The molecule has 0 atom stereocenters. The average Bonchev–Trinajstić information content (AvgIpc) is 2.60. The van der Waals surface area contributed by atoms with Gasteiger partial charge >= 0.3 is 0 Å². The first kappa shape index (κ1) is 17.6. The summed E-state index contributed by atoms with van der Waals surface area (Å²) in [4.78, 5) is 21.6. The zero-order chi connectivity index (χ0) is 18.5. The fourth-order valence-electron chi connectivity index (χ4n) is 1.88. The van der Waals surface area contributed by atoms with E-state index in [-0.39, 0.29) is 22.2 Å². The molecule has 0 unspecified atom stereocenters. The van der Waals surface area contributed by atoms with Crippen LogP contribution in [-0.2, 0) is 0 Å². The van der Waals surface area contributed by atoms with Crippen molar-refractivity contribution in [3.63, 3.8) is 0 Å². The van der Waals surface area contributed by atoms with E-state index in [0.717, 1.165) is 0 Å². The van der Waals surface area contributed by atoms with Crippen LogP contribution in [0.5, 0.6) is 0 Å². The number of hydrogen-bond donors (Lipinski definition) is 1. The van der Waals surface area contributed by atoms with Gasteiger partial charge < -0.3 is 5.32 Å². The minimum absolute atomic E-state index is 0.00193. The summed E-state index contributed by atoms with van der Waals surface area (Å²) in [7, 11) is 0. The Balaban J connectivity index is 1.68. The number of rotatable bonds is 5. The Hall–Kier alpha value is -3.17. The van der Waals surface area contributed by atoms with Gasteiger partial charge in [-0.25, -0.2) is 0 Å². The Kier molecular flexibility index (Phi) is 5.30. The third-order valence-corrected chi connectivity index (χ3v) is 3.38. The number of nitrogens with zero attached hydrogens (tertiary/aromatic N) is 6. The second kappa shape index (κ2) is 7.81. The third-order valence-electron chi connectivity index (χ3n) is 3.05. The highest BCUT2D eigenvalue weighted by Gasteiger charge is 2.04. The molecule has 1 N–H and O–H groups in total. The molecule has 2 aromatic carbocycles. The topological polar surface area (TPSA) is 119 Å². The summed E-state index contributed by atoms with van der Waals surface area (Å²) < 4.78 is 0. The quantitative estimate of drug-likeness (QED) is 0.361. The van der Waals surface area contributed by atoms with Crippen LogP contribution >= 0.6 is 23.2 Å². The fraction of sp³-hybridized carbons (Fsp3) is 0. The maximum atomic E-state index is 10.6. The Labute approximate surface area is 156 Å². The third kappa shape index (κ3) is 4.68. The summed E-state index contributed by atoms with van der Waals surface area (Å²) in [6, 6.07) is 12.7. The molecule has 0 saturated carbocycles. The van der Waals surface area contributed by atoms with Crippen molar-refractivity contribution in [2.24, 2.45) is 10.2 Å². The Morgan fingerprint density at radius 2 is 1.35 bits per heavy atom. The molecule has 1 aromatic heterocycles. The van der Waals surface area contributed by atoms with Crippen LogP contribution in [0.2, 0.25) is 10.6 Å². The van der Waals surface area contributed by atoms with Crippen LogP contribution in [0.3, 0.4) is 0 Å². The van der Waals surface area contributed by atoms with E-state index in [9.17, 15) is 10.1 Å². The lowest BCUT2D eigenvalue weighted by molar-refractivity contribution is -0.384. The minimum Gasteiger partial charge on any atom is -0.324 e. The number of halogens is 2. The van der Waals surface area contributed by atoms with Crippen LogP contribution in [0, 0.1) is 10.1 Å². The van der Waals surface area contributed by atoms with Gasteiger partial charge in [-0.3, -0.25) is 10.1 Å². The molecule has 0 saturated heterocycles. The molecule has 0 fully saturated rings. The first-order valence-electron chi connectivity index (χ1n) is 7.10. The second-order valence-corrected chi connectivity index (χ2v) is 5.52. The van der Waals surface area contributed by atoms with Gasteiger partial charge in [0, 0.05) is 17.8 Å². The van der Waals surface area contributed by atoms with E-state index in [2.05, 4.69) is 30.5 Å². The molecule has 0 spiro atoms. The van der Waals surface area contributed by atoms with Crippen LogP contribution in [-0.4, -0.2) is 19.9 Å². The van der Waals surface area contributed by atoms with Crippen LogP contribution < -0.4 is 5.32 Å². The van der Waals surface area contributed by atoms with E-state index in [1.54, 1.807) is 24.3 Å². The summed E-state index contributed by atoms with van der Waals surface area (Å²) in [6.07, 6.45) is 0. The molecule has 9 nitrogen and oxygen atoms in total. The molecule has 11 heteroatoms. The number of nitro groups is 1. The second-order valence-electron chi connectivity index (χ2n) is 4.84.